The number of rotatable bonds is 9. The smallest absolute Gasteiger partial charge is 0.407 e. The van der Waals surface area contributed by atoms with Crippen LogP contribution < -0.4 is 5.32 Å². The largest absolute Gasteiger partial charge is 0.480 e. The third-order valence-electron chi connectivity index (χ3n) is 5.60. The van der Waals surface area contributed by atoms with Crippen LogP contribution in [-0.2, 0) is 14.3 Å². The minimum atomic E-state index is -1.15. The molecule has 166 valence electrons. The number of hydrogen-bond donors (Lipinski definition) is 2. The first-order valence-corrected chi connectivity index (χ1v) is 10.5. The van der Waals surface area contributed by atoms with Crippen molar-refractivity contribution in [3.8, 4) is 23.5 Å². The average molecular weight is 434 g/mol. The summed E-state index contributed by atoms with van der Waals surface area (Å²) >= 11 is 0. The van der Waals surface area contributed by atoms with Crippen LogP contribution in [0.4, 0.5) is 4.79 Å². The van der Waals surface area contributed by atoms with Crippen molar-refractivity contribution in [2.24, 2.45) is 5.92 Å². The predicted molar refractivity (Wildman–Crippen MR) is 120 cm³/mol. The van der Waals surface area contributed by atoms with Gasteiger partial charge in [0.15, 0.2) is 0 Å². The number of nitrogens with one attached hydrogen (secondary N) is 1. The summed E-state index contributed by atoms with van der Waals surface area (Å²) in [6.45, 7) is 1.41. The minimum absolute atomic E-state index is 0.0344. The van der Waals surface area contributed by atoms with Gasteiger partial charge in [-0.2, -0.15) is 0 Å². The highest BCUT2D eigenvalue weighted by atomic mass is 16.5. The highest BCUT2D eigenvalue weighted by Gasteiger charge is 2.29. The summed E-state index contributed by atoms with van der Waals surface area (Å²) in [5, 5.41) is 11.6. The van der Waals surface area contributed by atoms with Gasteiger partial charge in [-0.15, -0.1) is 6.42 Å². The van der Waals surface area contributed by atoms with Crippen molar-refractivity contribution in [2.45, 2.75) is 19.3 Å². The molecule has 2 aromatic carbocycles. The van der Waals surface area contributed by atoms with Crippen molar-refractivity contribution in [2.75, 3.05) is 26.2 Å². The molecule has 1 aliphatic carbocycles. The molecule has 1 aliphatic rings. The zero-order valence-electron chi connectivity index (χ0n) is 17.9. The fourth-order valence-electron chi connectivity index (χ4n) is 4.01. The molecule has 1 unspecified atom stereocenters. The van der Waals surface area contributed by atoms with Gasteiger partial charge in [-0.3, -0.25) is 9.59 Å². The number of hydrogen-bond acceptors (Lipinski definition) is 4. The van der Waals surface area contributed by atoms with Crippen molar-refractivity contribution < 1.29 is 24.2 Å². The van der Waals surface area contributed by atoms with E-state index in [2.05, 4.69) is 23.4 Å². The maximum atomic E-state index is 12.6. The first kappa shape index (κ1) is 22.9. The normalized spacial score (nSPS) is 12.8. The van der Waals surface area contributed by atoms with Gasteiger partial charge in [0.1, 0.15) is 13.2 Å². The summed E-state index contributed by atoms with van der Waals surface area (Å²) in [6, 6.07) is 16.1. The summed E-state index contributed by atoms with van der Waals surface area (Å²) in [5.74, 6) is 0.0884. The van der Waals surface area contributed by atoms with E-state index >= 15 is 0 Å². The lowest BCUT2D eigenvalue weighted by Crippen LogP contribution is -2.43. The number of alkyl carbamates (subject to hydrolysis) is 1. The summed E-state index contributed by atoms with van der Waals surface area (Å²) < 4.78 is 5.49. The van der Waals surface area contributed by atoms with Crippen LogP contribution in [0.25, 0.3) is 11.1 Å². The Bertz CT molecular complexity index is 997. The number of carboxylic acids is 1. The van der Waals surface area contributed by atoms with Gasteiger partial charge >= 0.3 is 12.1 Å². The summed E-state index contributed by atoms with van der Waals surface area (Å²) in [5.41, 5.74) is 4.50. The van der Waals surface area contributed by atoms with Crippen molar-refractivity contribution in [1.82, 2.24) is 10.2 Å². The van der Waals surface area contributed by atoms with Gasteiger partial charge in [-0.25, -0.2) is 4.79 Å². The van der Waals surface area contributed by atoms with Gasteiger partial charge in [0, 0.05) is 12.5 Å². The molecule has 0 bridgehead atoms. The standard InChI is InChI=1S/C25H26N2O5/c1-3-13-27(15-23(28)29)24(30)17(4-2)14-26-25(31)32-16-22-20-11-7-5-9-18(20)19-10-6-8-12-21(19)22/h1,5-12,17,22H,4,13-16H2,2H3,(H,26,31)(H,28,29). The maximum absolute atomic E-state index is 12.6. The van der Waals surface area contributed by atoms with Gasteiger partial charge in [0.25, 0.3) is 0 Å². The first-order valence-electron chi connectivity index (χ1n) is 10.5. The Morgan fingerprint density at radius 1 is 1.12 bits per heavy atom. The molecule has 3 rings (SSSR count). The molecule has 0 saturated carbocycles. The topological polar surface area (TPSA) is 95.9 Å². The van der Waals surface area contributed by atoms with Crippen LogP contribution in [0.15, 0.2) is 48.5 Å². The van der Waals surface area contributed by atoms with E-state index in [1.54, 1.807) is 6.92 Å². The molecule has 32 heavy (non-hydrogen) atoms. The number of carbonyl (C=O) groups is 3. The molecular formula is C25H26N2O5. The molecule has 2 N–H and O–H groups in total. The van der Waals surface area contributed by atoms with E-state index in [1.807, 2.05) is 36.4 Å². The Balaban J connectivity index is 1.59. The average Bonchev–Trinajstić information content (AvgIpc) is 3.11. The lowest BCUT2D eigenvalue weighted by molar-refractivity contribution is -0.145. The number of amides is 2. The number of benzene rings is 2. The van der Waals surface area contributed by atoms with Crippen LogP contribution in [0.2, 0.25) is 0 Å². The fraction of sp³-hybridized carbons (Fsp3) is 0.320. The van der Waals surface area contributed by atoms with E-state index in [9.17, 15) is 14.4 Å². The summed E-state index contributed by atoms with van der Waals surface area (Å²) in [6.07, 6.45) is 5.04. The van der Waals surface area contributed by atoms with Gasteiger partial charge in [-0.1, -0.05) is 61.4 Å². The Kier molecular flexibility index (Phi) is 7.50. The molecule has 0 aliphatic heterocycles. The summed E-state index contributed by atoms with van der Waals surface area (Å²) in [4.78, 5) is 37.1. The Labute approximate surface area is 187 Å². The van der Waals surface area contributed by atoms with Crippen LogP contribution >= 0.6 is 0 Å². The quantitative estimate of drug-likeness (QED) is 0.592. The fourth-order valence-corrected chi connectivity index (χ4v) is 4.01. The van der Waals surface area contributed by atoms with Gasteiger partial charge in [0.2, 0.25) is 5.91 Å². The highest BCUT2D eigenvalue weighted by molar-refractivity contribution is 5.84. The highest BCUT2D eigenvalue weighted by Crippen LogP contribution is 2.44. The number of terminal acetylenes is 1. The molecule has 0 aromatic heterocycles. The lowest BCUT2D eigenvalue weighted by Gasteiger charge is -2.24. The second kappa shape index (κ2) is 10.5. The van der Waals surface area contributed by atoms with Gasteiger partial charge in [-0.05, 0) is 28.7 Å². The number of aliphatic carboxylic acids is 1. The molecule has 0 spiro atoms. The lowest BCUT2D eigenvalue weighted by atomic mass is 9.98. The van der Waals surface area contributed by atoms with E-state index < -0.39 is 30.4 Å². The molecule has 2 amide bonds. The van der Waals surface area contributed by atoms with Crippen molar-refractivity contribution in [3.05, 3.63) is 59.7 Å². The van der Waals surface area contributed by atoms with Crippen molar-refractivity contribution >= 4 is 18.0 Å². The van der Waals surface area contributed by atoms with Crippen LogP contribution in [0.3, 0.4) is 0 Å². The Morgan fingerprint density at radius 3 is 2.25 bits per heavy atom. The van der Waals surface area contributed by atoms with Gasteiger partial charge < -0.3 is 20.1 Å². The number of carbonyl (C=O) groups excluding carboxylic acids is 2. The van der Waals surface area contributed by atoms with E-state index in [0.717, 1.165) is 27.2 Å². The number of fused-ring (bicyclic) bond motifs is 3. The van der Waals surface area contributed by atoms with Crippen LogP contribution in [0.5, 0.6) is 0 Å². The van der Waals surface area contributed by atoms with E-state index in [1.165, 1.54) is 0 Å². The third kappa shape index (κ3) is 5.09. The zero-order valence-corrected chi connectivity index (χ0v) is 17.9. The van der Waals surface area contributed by atoms with Crippen molar-refractivity contribution in [1.29, 1.82) is 0 Å². The van der Waals surface area contributed by atoms with Crippen LogP contribution in [-0.4, -0.2) is 54.2 Å². The summed E-state index contributed by atoms with van der Waals surface area (Å²) in [7, 11) is 0. The maximum Gasteiger partial charge on any atom is 0.407 e. The van der Waals surface area contributed by atoms with Crippen LogP contribution in [0, 0.1) is 18.3 Å². The molecule has 0 fully saturated rings. The molecule has 0 saturated heterocycles. The van der Waals surface area contributed by atoms with Crippen molar-refractivity contribution in [3.63, 3.8) is 0 Å². The minimum Gasteiger partial charge on any atom is -0.480 e. The molecule has 7 nitrogen and oxygen atoms in total. The molecular weight excluding hydrogens is 408 g/mol. The van der Waals surface area contributed by atoms with E-state index in [-0.39, 0.29) is 25.6 Å². The number of carboxylic acid groups (broad SMARTS) is 1. The zero-order chi connectivity index (χ0) is 23.1. The molecule has 1 atom stereocenters. The first-order chi connectivity index (χ1) is 15.5. The molecule has 7 heteroatoms. The van der Waals surface area contributed by atoms with E-state index in [0.29, 0.717) is 6.42 Å². The number of ether oxygens (including phenoxy) is 1. The van der Waals surface area contributed by atoms with Crippen LogP contribution in [0.1, 0.15) is 30.4 Å². The molecule has 0 radical (unpaired) electrons. The number of nitrogens with zero attached hydrogens (tertiary/aromatic N) is 1. The second-order valence-electron chi connectivity index (χ2n) is 7.60. The molecule has 0 heterocycles. The second-order valence-corrected chi connectivity index (χ2v) is 7.60. The van der Waals surface area contributed by atoms with E-state index in [4.69, 9.17) is 16.3 Å². The monoisotopic (exact) mass is 434 g/mol. The SMILES string of the molecule is C#CCN(CC(=O)O)C(=O)C(CC)CNC(=O)OCC1c2ccccc2-c2ccccc21. The van der Waals surface area contributed by atoms with Gasteiger partial charge in [0.05, 0.1) is 12.5 Å². The predicted octanol–water partition coefficient (Wildman–Crippen LogP) is 3.10. The Morgan fingerprint density at radius 2 is 1.72 bits per heavy atom. The molecule has 2 aromatic rings. The third-order valence-corrected chi connectivity index (χ3v) is 5.60. The Hall–Kier alpha value is -3.79.